The molecule has 0 saturated carbocycles. The molecular weight excluding hydrogens is 529 g/mol. The van der Waals surface area contributed by atoms with E-state index in [0.29, 0.717) is 24.3 Å². The number of carbonyl (C=O) groups is 1. The average Bonchev–Trinajstić information content (AvgIpc) is 3.13. The molecular formula is C27H23FN3O7S-. The molecule has 202 valence electrons. The van der Waals surface area contributed by atoms with Crippen molar-refractivity contribution in [3.8, 4) is 22.8 Å². The third-order valence-electron chi connectivity index (χ3n) is 6.81. The van der Waals surface area contributed by atoms with Crippen molar-refractivity contribution in [3.63, 3.8) is 0 Å². The van der Waals surface area contributed by atoms with E-state index in [-0.39, 0.29) is 29.9 Å². The molecule has 0 radical (unpaired) electrons. The van der Waals surface area contributed by atoms with E-state index in [1.165, 1.54) is 27.5 Å². The number of thioether (sulfide) groups is 1. The van der Waals surface area contributed by atoms with E-state index < -0.39 is 36.6 Å². The highest BCUT2D eigenvalue weighted by Crippen LogP contribution is 2.38. The summed E-state index contributed by atoms with van der Waals surface area (Å²) in [4.78, 5) is 14.0. The summed E-state index contributed by atoms with van der Waals surface area (Å²) in [5, 5.41) is 31.7. The molecule has 2 aromatic carbocycles. The van der Waals surface area contributed by atoms with Crippen LogP contribution in [-0.4, -0.2) is 50.9 Å². The molecule has 0 bridgehead atoms. The molecule has 12 heteroatoms. The van der Waals surface area contributed by atoms with E-state index in [2.05, 4.69) is 4.74 Å². The van der Waals surface area contributed by atoms with Gasteiger partial charge < -0.3 is 34.1 Å². The summed E-state index contributed by atoms with van der Waals surface area (Å²) in [5.74, 6) is -1.38. The number of ether oxygens (including phenoxy) is 4. The number of methoxy groups -OCH3 is 1. The fourth-order valence-electron chi connectivity index (χ4n) is 5.01. The van der Waals surface area contributed by atoms with Gasteiger partial charge in [-0.1, -0.05) is 23.9 Å². The van der Waals surface area contributed by atoms with Gasteiger partial charge in [-0.2, -0.15) is 0 Å². The monoisotopic (exact) mass is 552 g/mol. The SMILES string of the molecule is COC(=O)OCOc1c([O-])cc(-c2cc(F)cc3c2Cc2ccccc2SC3)[n+]2c1=C([O-])N1CCOC[C@H]1N=2. The van der Waals surface area contributed by atoms with Crippen molar-refractivity contribution in [3.05, 3.63) is 70.3 Å². The molecule has 0 N–H and O–H groups in total. The number of carbonyl (C=O) groups excluding carboxylic acids is 1. The molecule has 1 atom stereocenters. The first-order valence-corrected chi connectivity index (χ1v) is 13.2. The number of benzene rings is 2. The van der Waals surface area contributed by atoms with E-state index in [9.17, 15) is 15.0 Å². The number of hydrogen-bond donors (Lipinski definition) is 0. The number of morpholine rings is 1. The summed E-state index contributed by atoms with van der Waals surface area (Å²) in [6.07, 6.45) is -1.14. The van der Waals surface area contributed by atoms with Gasteiger partial charge >= 0.3 is 6.16 Å². The molecule has 3 aliphatic rings. The van der Waals surface area contributed by atoms with Gasteiger partial charge in [0.05, 0.1) is 25.9 Å². The Morgan fingerprint density at radius 3 is 2.95 bits per heavy atom. The zero-order valence-corrected chi connectivity index (χ0v) is 21.7. The van der Waals surface area contributed by atoms with Crippen molar-refractivity contribution in [2.75, 3.05) is 33.7 Å². The van der Waals surface area contributed by atoms with E-state index >= 15 is 4.39 Å². The van der Waals surface area contributed by atoms with E-state index in [0.717, 1.165) is 28.7 Å². The van der Waals surface area contributed by atoms with E-state index in [1.54, 1.807) is 11.8 Å². The van der Waals surface area contributed by atoms with Crippen molar-refractivity contribution in [1.82, 2.24) is 4.90 Å². The molecule has 1 saturated heterocycles. The van der Waals surface area contributed by atoms with Crippen molar-refractivity contribution in [2.45, 2.75) is 23.2 Å². The summed E-state index contributed by atoms with van der Waals surface area (Å²) >= 11 is 1.62. The van der Waals surface area contributed by atoms with Gasteiger partial charge in [0.2, 0.25) is 18.7 Å². The molecule has 1 fully saturated rings. The number of halogens is 1. The van der Waals surface area contributed by atoms with Gasteiger partial charge in [0.1, 0.15) is 5.82 Å². The quantitative estimate of drug-likeness (QED) is 0.268. The van der Waals surface area contributed by atoms with Crippen LogP contribution in [0.3, 0.4) is 0 Å². The van der Waals surface area contributed by atoms with Crippen LogP contribution in [0.2, 0.25) is 0 Å². The molecule has 0 unspecified atom stereocenters. The van der Waals surface area contributed by atoms with Crippen LogP contribution in [-0.2, 0) is 26.4 Å². The van der Waals surface area contributed by atoms with E-state index in [4.69, 9.17) is 19.3 Å². The Bertz CT molecular complexity index is 1600. The molecule has 1 aromatic heterocycles. The average molecular weight is 553 g/mol. The summed E-state index contributed by atoms with van der Waals surface area (Å²) < 4.78 is 36.6. The van der Waals surface area contributed by atoms with Crippen LogP contribution in [0.25, 0.3) is 17.1 Å². The standard InChI is InChI=1S/C27H23FN3O7S/c1-35-27(34)38-14-37-25-21(32)11-20(31-24(25)26(33)30-6-7-36-12-23(30)29-31)19-10-17(28)8-16-13-39-22-5-3-2-4-15(22)9-18(16)19/h2-5,8,10-11,23H,6-7,9,12-14H2,1H3/q-1/t23-/m0/s1. The molecule has 4 heterocycles. The largest absolute Gasteiger partial charge is 0.870 e. The Kier molecular flexibility index (Phi) is 6.65. The molecule has 0 aliphatic carbocycles. The van der Waals surface area contributed by atoms with Gasteiger partial charge in [-0.05, 0) is 50.8 Å². The maximum atomic E-state index is 15.0. The van der Waals surface area contributed by atoms with Crippen LogP contribution in [0.5, 0.6) is 11.5 Å². The number of fused-ring (bicyclic) bond motifs is 4. The van der Waals surface area contributed by atoms with Gasteiger partial charge in [0.25, 0.3) is 5.35 Å². The highest BCUT2D eigenvalue weighted by atomic mass is 32.2. The number of aromatic nitrogens is 1. The lowest BCUT2D eigenvalue weighted by molar-refractivity contribution is -0.570. The van der Waals surface area contributed by atoms with Crippen LogP contribution in [0.15, 0.2) is 52.5 Å². The normalized spacial score (nSPS) is 17.5. The van der Waals surface area contributed by atoms with Crippen LogP contribution in [0.4, 0.5) is 9.18 Å². The summed E-state index contributed by atoms with van der Waals surface area (Å²) in [5.41, 5.74) is 3.44. The van der Waals surface area contributed by atoms with Gasteiger partial charge in [0, 0.05) is 29.1 Å². The molecule has 0 amide bonds. The van der Waals surface area contributed by atoms with E-state index in [1.807, 2.05) is 24.3 Å². The number of nitrogens with zero attached hydrogens (tertiary/aromatic N) is 3. The minimum atomic E-state index is -1.01. The summed E-state index contributed by atoms with van der Waals surface area (Å²) in [6, 6.07) is 12.1. The van der Waals surface area contributed by atoms with Crippen molar-refractivity contribution in [1.29, 1.82) is 0 Å². The number of pyridine rings is 1. The van der Waals surface area contributed by atoms with Crippen LogP contribution in [0.1, 0.15) is 16.7 Å². The van der Waals surface area contributed by atoms with Crippen LogP contribution in [0, 0.1) is 5.82 Å². The number of hydrogen-bond acceptors (Lipinski definition) is 10. The molecule has 39 heavy (non-hydrogen) atoms. The topological polar surface area (TPSA) is 122 Å². The van der Waals surface area contributed by atoms with Crippen LogP contribution >= 0.6 is 11.8 Å². The third-order valence-corrected chi connectivity index (χ3v) is 7.98. The predicted octanol–water partition coefficient (Wildman–Crippen LogP) is 1.30. The Morgan fingerprint density at radius 1 is 1.26 bits per heavy atom. The molecule has 3 aliphatic heterocycles. The zero-order chi connectivity index (χ0) is 27.1. The second-order valence-corrected chi connectivity index (χ2v) is 10.1. The fraction of sp³-hybridized carbons (Fsp3) is 0.296. The lowest BCUT2D eigenvalue weighted by Gasteiger charge is -2.37. The minimum absolute atomic E-state index is 0.134. The Balaban J connectivity index is 1.57. The van der Waals surface area contributed by atoms with Gasteiger partial charge in [-0.3, -0.25) is 0 Å². The van der Waals surface area contributed by atoms with Gasteiger partial charge in [-0.25, -0.2) is 9.18 Å². The molecule has 3 aromatic rings. The lowest BCUT2D eigenvalue weighted by Crippen LogP contribution is -2.59. The van der Waals surface area contributed by atoms with Gasteiger partial charge in [-0.15, -0.1) is 11.8 Å². The lowest BCUT2D eigenvalue weighted by atomic mass is 9.93. The Hall–Kier alpha value is -4.03. The predicted molar refractivity (Wildman–Crippen MR) is 131 cm³/mol. The van der Waals surface area contributed by atoms with Crippen molar-refractivity contribution >= 4 is 23.8 Å². The minimum Gasteiger partial charge on any atom is -0.870 e. The summed E-state index contributed by atoms with van der Waals surface area (Å²) in [7, 11) is 1.13. The molecule has 10 nitrogen and oxygen atoms in total. The maximum absolute atomic E-state index is 15.0. The smallest absolute Gasteiger partial charge is 0.510 e. The highest BCUT2D eigenvalue weighted by Gasteiger charge is 2.33. The van der Waals surface area contributed by atoms with Gasteiger partial charge in [0.15, 0.2) is 5.75 Å². The first-order chi connectivity index (χ1) is 18.9. The first kappa shape index (κ1) is 25.3. The third kappa shape index (κ3) is 4.59. The zero-order valence-electron chi connectivity index (χ0n) is 20.8. The summed E-state index contributed by atoms with van der Waals surface area (Å²) in [6.45, 7) is 0.103. The van der Waals surface area contributed by atoms with Crippen molar-refractivity contribution in [2.24, 2.45) is 5.11 Å². The highest BCUT2D eigenvalue weighted by molar-refractivity contribution is 7.98. The Labute approximate surface area is 226 Å². The molecule has 0 spiro atoms. The maximum Gasteiger partial charge on any atom is 0.510 e. The second-order valence-electron chi connectivity index (χ2n) is 9.08. The van der Waals surface area contributed by atoms with Crippen molar-refractivity contribution < 1.29 is 42.7 Å². The van der Waals surface area contributed by atoms with Crippen LogP contribution < -0.4 is 24.7 Å². The molecule has 6 rings (SSSR count). The Morgan fingerprint density at radius 2 is 2.10 bits per heavy atom. The first-order valence-electron chi connectivity index (χ1n) is 12.2. The fourth-order valence-corrected chi connectivity index (χ4v) is 6.08. The second kappa shape index (κ2) is 10.3. The number of rotatable bonds is 4.